The van der Waals surface area contributed by atoms with Crippen molar-refractivity contribution in [2.45, 2.75) is 31.7 Å². The summed E-state index contributed by atoms with van der Waals surface area (Å²) < 4.78 is 10.6. The first-order valence-corrected chi connectivity index (χ1v) is 10.4. The summed E-state index contributed by atoms with van der Waals surface area (Å²) in [6.07, 6.45) is 2.06. The van der Waals surface area contributed by atoms with Crippen LogP contribution in [0.15, 0.2) is 36.4 Å². The summed E-state index contributed by atoms with van der Waals surface area (Å²) in [5.41, 5.74) is 1.14. The van der Waals surface area contributed by atoms with Crippen LogP contribution in [0, 0.1) is 0 Å². The second-order valence-corrected chi connectivity index (χ2v) is 8.09. The van der Waals surface area contributed by atoms with E-state index < -0.39 is 29.9 Å². The van der Waals surface area contributed by atoms with E-state index in [1.165, 1.54) is 19.1 Å². The fraction of sp³-hybridized carbons (Fsp3) is 0.304. The molecule has 2 heterocycles. The van der Waals surface area contributed by atoms with E-state index in [0.29, 0.717) is 17.9 Å². The Labute approximate surface area is 183 Å². The molecule has 0 bridgehead atoms. The van der Waals surface area contributed by atoms with Gasteiger partial charge in [-0.05, 0) is 43.4 Å². The highest BCUT2D eigenvalue weighted by atomic mass is 16.7. The van der Waals surface area contributed by atoms with Gasteiger partial charge in [-0.15, -0.1) is 0 Å². The smallest absolute Gasteiger partial charge is 0.325 e. The molecule has 0 aromatic heterocycles. The number of imide groups is 1. The average Bonchev–Trinajstić information content (AvgIpc) is 3.32. The molecule has 9 nitrogen and oxygen atoms in total. The van der Waals surface area contributed by atoms with Gasteiger partial charge in [0.2, 0.25) is 12.7 Å². The van der Waals surface area contributed by atoms with Crippen LogP contribution >= 0.6 is 0 Å². The molecule has 1 atom stereocenters. The van der Waals surface area contributed by atoms with Crippen LogP contribution in [-0.2, 0) is 21.5 Å². The summed E-state index contributed by atoms with van der Waals surface area (Å²) in [5.74, 6) is -0.497. The van der Waals surface area contributed by atoms with E-state index in [-0.39, 0.29) is 23.8 Å². The fourth-order valence-electron chi connectivity index (χ4n) is 4.63. The normalized spacial score (nSPS) is 20.8. The Balaban J connectivity index is 1.38. The number of hydrogen-bond donors (Lipinski definition) is 2. The lowest BCUT2D eigenvalue weighted by Gasteiger charge is -2.33. The highest BCUT2D eigenvalue weighted by Gasteiger charge is 2.54. The predicted molar refractivity (Wildman–Crippen MR) is 113 cm³/mol. The number of nitrogens with one attached hydrogen (secondary N) is 2. The highest BCUT2D eigenvalue weighted by molar-refractivity contribution is 6.11. The standard InChI is InChI=1S/C23H21N3O6/c1-13(27)15-9-18-19(32-12-31-18)10-17(15)24-20(28)11-26-21(29)23(25-22(26)30)8-4-6-14-5-2-3-7-16(14)23/h2-3,5,7,9-10H,4,6,8,11-12H2,1H3,(H,24,28)(H,25,30)/t23-/m0/s1. The summed E-state index contributed by atoms with van der Waals surface area (Å²) in [5, 5.41) is 5.46. The van der Waals surface area contributed by atoms with Gasteiger partial charge in [0, 0.05) is 11.6 Å². The zero-order valence-corrected chi connectivity index (χ0v) is 17.4. The molecule has 2 aromatic carbocycles. The number of hydrogen-bond acceptors (Lipinski definition) is 6. The number of ether oxygens (including phenoxy) is 2. The number of benzene rings is 2. The van der Waals surface area contributed by atoms with Gasteiger partial charge in [-0.3, -0.25) is 19.3 Å². The number of anilines is 1. The molecule has 4 amide bonds. The quantitative estimate of drug-likeness (QED) is 0.563. The van der Waals surface area contributed by atoms with Crippen LogP contribution < -0.4 is 20.1 Å². The van der Waals surface area contributed by atoms with E-state index in [1.54, 1.807) is 0 Å². The van der Waals surface area contributed by atoms with E-state index in [0.717, 1.165) is 28.9 Å². The summed E-state index contributed by atoms with van der Waals surface area (Å²) >= 11 is 0. The molecule has 164 valence electrons. The van der Waals surface area contributed by atoms with Crippen molar-refractivity contribution in [3.8, 4) is 11.5 Å². The third kappa shape index (κ3) is 3.08. The molecule has 9 heteroatoms. The van der Waals surface area contributed by atoms with Crippen LogP contribution in [0.5, 0.6) is 11.5 Å². The number of ketones is 1. The minimum atomic E-state index is -1.14. The fourth-order valence-corrected chi connectivity index (χ4v) is 4.63. The Morgan fingerprint density at radius 2 is 1.91 bits per heavy atom. The van der Waals surface area contributed by atoms with Crippen molar-refractivity contribution in [1.29, 1.82) is 0 Å². The topological polar surface area (TPSA) is 114 Å². The number of aryl methyl sites for hydroxylation is 1. The lowest BCUT2D eigenvalue weighted by Crippen LogP contribution is -2.47. The summed E-state index contributed by atoms with van der Waals surface area (Å²) in [6.45, 7) is 0.922. The van der Waals surface area contributed by atoms with Gasteiger partial charge in [0.15, 0.2) is 17.3 Å². The number of amides is 4. The zero-order valence-electron chi connectivity index (χ0n) is 17.4. The Morgan fingerprint density at radius 3 is 2.69 bits per heavy atom. The first-order chi connectivity index (χ1) is 15.4. The molecule has 1 spiro atoms. The monoisotopic (exact) mass is 435 g/mol. The molecular weight excluding hydrogens is 414 g/mol. The van der Waals surface area contributed by atoms with Crippen LogP contribution in [0.2, 0.25) is 0 Å². The van der Waals surface area contributed by atoms with E-state index in [2.05, 4.69) is 10.6 Å². The number of rotatable bonds is 4. The number of urea groups is 1. The van der Waals surface area contributed by atoms with Gasteiger partial charge >= 0.3 is 6.03 Å². The van der Waals surface area contributed by atoms with Gasteiger partial charge in [-0.25, -0.2) is 4.79 Å². The van der Waals surface area contributed by atoms with Crippen molar-refractivity contribution in [2.75, 3.05) is 18.7 Å². The van der Waals surface area contributed by atoms with Gasteiger partial charge in [0.05, 0.1) is 5.69 Å². The summed E-state index contributed by atoms with van der Waals surface area (Å²) in [6, 6.07) is 9.94. The number of carbonyl (C=O) groups excluding carboxylic acids is 4. The van der Waals surface area contributed by atoms with E-state index in [9.17, 15) is 19.2 Å². The third-order valence-corrected chi connectivity index (χ3v) is 6.12. The molecule has 5 rings (SSSR count). The first-order valence-electron chi connectivity index (χ1n) is 10.4. The maximum atomic E-state index is 13.3. The highest BCUT2D eigenvalue weighted by Crippen LogP contribution is 2.40. The number of fused-ring (bicyclic) bond motifs is 3. The van der Waals surface area contributed by atoms with Gasteiger partial charge in [-0.1, -0.05) is 24.3 Å². The number of nitrogens with zero attached hydrogens (tertiary/aromatic N) is 1. The maximum Gasteiger partial charge on any atom is 0.325 e. The van der Waals surface area contributed by atoms with Crippen LogP contribution in [-0.4, -0.2) is 41.9 Å². The number of Topliss-reactive ketones (excluding diaryl/α,β-unsaturated/α-hetero) is 1. The SMILES string of the molecule is CC(=O)c1cc2c(cc1NC(=O)CN1C(=O)N[C@]3(CCCc4ccccc43)C1=O)OCO2. The van der Waals surface area contributed by atoms with Gasteiger partial charge < -0.3 is 20.1 Å². The minimum Gasteiger partial charge on any atom is -0.454 e. The van der Waals surface area contributed by atoms with Crippen molar-refractivity contribution in [2.24, 2.45) is 0 Å². The number of carbonyl (C=O) groups is 4. The van der Waals surface area contributed by atoms with Gasteiger partial charge in [0.25, 0.3) is 5.91 Å². The lowest BCUT2D eigenvalue weighted by atomic mass is 9.76. The maximum absolute atomic E-state index is 13.3. The molecule has 1 aliphatic carbocycles. The molecule has 2 aromatic rings. The molecule has 32 heavy (non-hydrogen) atoms. The Hall–Kier alpha value is -3.88. The second-order valence-electron chi connectivity index (χ2n) is 8.09. The van der Waals surface area contributed by atoms with Crippen LogP contribution in [0.25, 0.3) is 0 Å². The largest absolute Gasteiger partial charge is 0.454 e. The van der Waals surface area contributed by atoms with Crippen molar-refractivity contribution < 1.29 is 28.7 Å². The summed E-state index contributed by atoms with van der Waals surface area (Å²) in [4.78, 5) is 51.8. The second kappa shape index (κ2) is 7.37. The Morgan fingerprint density at radius 1 is 1.16 bits per heavy atom. The van der Waals surface area contributed by atoms with Gasteiger partial charge in [0.1, 0.15) is 12.1 Å². The molecule has 1 saturated heterocycles. The van der Waals surface area contributed by atoms with Crippen LogP contribution in [0.4, 0.5) is 10.5 Å². The molecule has 2 aliphatic heterocycles. The average molecular weight is 435 g/mol. The first kappa shape index (κ1) is 20.0. The van der Waals surface area contributed by atoms with E-state index in [4.69, 9.17) is 9.47 Å². The van der Waals surface area contributed by atoms with E-state index >= 15 is 0 Å². The molecule has 0 radical (unpaired) electrons. The predicted octanol–water partition coefficient (Wildman–Crippen LogP) is 2.34. The minimum absolute atomic E-state index is 0.0239. The molecule has 0 saturated carbocycles. The molecule has 0 unspecified atom stereocenters. The molecule has 3 aliphatic rings. The van der Waals surface area contributed by atoms with Gasteiger partial charge in [-0.2, -0.15) is 0 Å². The van der Waals surface area contributed by atoms with Crippen molar-refractivity contribution in [3.05, 3.63) is 53.1 Å². The zero-order chi connectivity index (χ0) is 22.5. The van der Waals surface area contributed by atoms with Crippen LogP contribution in [0.1, 0.15) is 41.3 Å². The Kier molecular flexibility index (Phi) is 4.61. The third-order valence-electron chi connectivity index (χ3n) is 6.12. The Bertz CT molecular complexity index is 1180. The van der Waals surface area contributed by atoms with Crippen LogP contribution in [0.3, 0.4) is 0 Å². The molecular formula is C23H21N3O6. The van der Waals surface area contributed by atoms with E-state index in [1.807, 2.05) is 24.3 Å². The van der Waals surface area contributed by atoms with Crippen molar-refractivity contribution >= 4 is 29.3 Å². The van der Waals surface area contributed by atoms with Crippen molar-refractivity contribution in [3.63, 3.8) is 0 Å². The summed E-state index contributed by atoms with van der Waals surface area (Å²) in [7, 11) is 0. The molecule has 1 fully saturated rings. The molecule has 2 N–H and O–H groups in total. The van der Waals surface area contributed by atoms with Crippen molar-refractivity contribution in [1.82, 2.24) is 10.2 Å². The lowest BCUT2D eigenvalue weighted by molar-refractivity contribution is -0.134.